The van der Waals surface area contributed by atoms with Gasteiger partial charge in [0, 0.05) is 28.7 Å². The number of anilines is 2. The minimum Gasteiger partial charge on any atom is -0.493 e. The SMILES string of the molecule is COc1ccc(-c2nc(CCSc3nc(N)cc(N)n3)c(C)s2)cc1OCCF. The minimum absolute atomic E-state index is 0.0181. The van der Waals surface area contributed by atoms with Crippen molar-refractivity contribution in [2.45, 2.75) is 18.5 Å². The Bertz CT molecular complexity index is 963. The molecule has 0 unspecified atom stereocenters. The molecule has 0 aliphatic heterocycles. The van der Waals surface area contributed by atoms with E-state index < -0.39 is 6.67 Å². The molecule has 1 aromatic carbocycles. The summed E-state index contributed by atoms with van der Waals surface area (Å²) in [6, 6.07) is 7.08. The van der Waals surface area contributed by atoms with E-state index in [1.807, 2.05) is 19.1 Å². The molecule has 0 aliphatic carbocycles. The number of thioether (sulfide) groups is 1. The first kappa shape index (κ1) is 21.1. The molecule has 7 nitrogen and oxygen atoms in total. The van der Waals surface area contributed by atoms with Crippen LogP contribution in [-0.2, 0) is 6.42 Å². The number of aromatic nitrogens is 3. The van der Waals surface area contributed by atoms with Gasteiger partial charge < -0.3 is 20.9 Å². The van der Waals surface area contributed by atoms with Crippen LogP contribution in [-0.4, -0.2) is 41.1 Å². The van der Waals surface area contributed by atoms with Gasteiger partial charge in [0.2, 0.25) is 0 Å². The molecule has 0 aliphatic rings. The Kier molecular flexibility index (Phi) is 7.10. The molecule has 3 aromatic rings. The summed E-state index contributed by atoms with van der Waals surface area (Å²) in [6.07, 6.45) is 0.756. The predicted octanol–water partition coefficient (Wildman–Crippen LogP) is 3.76. The van der Waals surface area contributed by atoms with Crippen molar-refractivity contribution in [2.24, 2.45) is 0 Å². The number of ether oxygens (including phenoxy) is 2. The van der Waals surface area contributed by atoms with E-state index in [9.17, 15) is 4.39 Å². The molecule has 4 N–H and O–H groups in total. The lowest BCUT2D eigenvalue weighted by atomic mass is 10.2. The Balaban J connectivity index is 1.71. The Morgan fingerprint density at radius 1 is 1.10 bits per heavy atom. The van der Waals surface area contributed by atoms with Gasteiger partial charge in [-0.25, -0.2) is 19.3 Å². The number of nitrogen functional groups attached to an aromatic ring is 2. The Morgan fingerprint density at radius 3 is 2.55 bits per heavy atom. The van der Waals surface area contributed by atoms with Gasteiger partial charge in [0.1, 0.15) is 29.9 Å². The first-order chi connectivity index (χ1) is 14.0. The third-order valence-electron chi connectivity index (χ3n) is 3.95. The highest BCUT2D eigenvalue weighted by Crippen LogP contribution is 2.35. The van der Waals surface area contributed by atoms with E-state index >= 15 is 0 Å². The van der Waals surface area contributed by atoms with Crippen LogP contribution in [0, 0.1) is 6.92 Å². The fourth-order valence-electron chi connectivity index (χ4n) is 2.62. The summed E-state index contributed by atoms with van der Waals surface area (Å²) in [5, 5.41) is 1.43. The van der Waals surface area contributed by atoms with Crippen LogP contribution in [0.2, 0.25) is 0 Å². The number of hydrogen-bond acceptors (Lipinski definition) is 9. The van der Waals surface area contributed by atoms with Crippen LogP contribution < -0.4 is 20.9 Å². The topological polar surface area (TPSA) is 109 Å². The van der Waals surface area contributed by atoms with Crippen LogP contribution >= 0.6 is 23.1 Å². The second-order valence-electron chi connectivity index (χ2n) is 6.02. The van der Waals surface area contributed by atoms with Crippen molar-refractivity contribution in [1.82, 2.24) is 15.0 Å². The summed E-state index contributed by atoms with van der Waals surface area (Å²) in [5.74, 6) is 2.53. The number of nitrogens with zero attached hydrogens (tertiary/aromatic N) is 3. The maximum atomic E-state index is 12.5. The summed E-state index contributed by atoms with van der Waals surface area (Å²) in [4.78, 5) is 14.2. The summed E-state index contributed by atoms with van der Waals surface area (Å²) in [7, 11) is 1.55. The average molecular weight is 436 g/mol. The fourth-order valence-corrected chi connectivity index (χ4v) is 4.39. The molecule has 0 atom stereocenters. The van der Waals surface area contributed by atoms with E-state index in [1.54, 1.807) is 24.5 Å². The number of methoxy groups -OCH3 is 1. The van der Waals surface area contributed by atoms with Crippen molar-refractivity contribution in [3.8, 4) is 22.1 Å². The molecule has 2 aromatic heterocycles. The van der Waals surface area contributed by atoms with Crippen LogP contribution in [0.4, 0.5) is 16.0 Å². The lowest BCUT2D eigenvalue weighted by Gasteiger charge is -2.10. The van der Waals surface area contributed by atoms with E-state index in [0.717, 1.165) is 33.3 Å². The summed E-state index contributed by atoms with van der Waals surface area (Å²) in [5.41, 5.74) is 13.3. The minimum atomic E-state index is -0.562. The normalized spacial score (nSPS) is 10.9. The van der Waals surface area contributed by atoms with Gasteiger partial charge in [0.05, 0.1) is 12.8 Å². The molecule has 0 amide bonds. The molecule has 0 fully saturated rings. The molecular formula is C19H22FN5O2S2. The molecule has 0 spiro atoms. The molecule has 29 heavy (non-hydrogen) atoms. The van der Waals surface area contributed by atoms with Crippen molar-refractivity contribution < 1.29 is 13.9 Å². The molecule has 2 heterocycles. The van der Waals surface area contributed by atoms with Crippen LogP contribution in [0.25, 0.3) is 10.6 Å². The number of nitrogens with two attached hydrogens (primary N) is 2. The van der Waals surface area contributed by atoms with Gasteiger partial charge in [-0.1, -0.05) is 11.8 Å². The molecular weight excluding hydrogens is 413 g/mol. The standard InChI is InChI=1S/C19H22FN5O2S2/c1-11-13(5-8-28-19-24-16(21)10-17(22)25-19)23-18(29-11)12-3-4-14(26-2)15(9-12)27-7-6-20/h3-4,9-10H,5-8H2,1-2H3,(H4,21,22,24,25). The van der Waals surface area contributed by atoms with Gasteiger partial charge in [0.25, 0.3) is 0 Å². The maximum Gasteiger partial charge on any atom is 0.191 e. The lowest BCUT2D eigenvalue weighted by Crippen LogP contribution is -2.01. The zero-order chi connectivity index (χ0) is 20.8. The van der Waals surface area contributed by atoms with E-state index in [2.05, 4.69) is 9.97 Å². The molecule has 10 heteroatoms. The van der Waals surface area contributed by atoms with Gasteiger partial charge in [0.15, 0.2) is 16.7 Å². The highest BCUT2D eigenvalue weighted by Gasteiger charge is 2.13. The zero-order valence-corrected chi connectivity index (χ0v) is 17.8. The van der Waals surface area contributed by atoms with Crippen LogP contribution in [0.1, 0.15) is 10.6 Å². The molecule has 3 rings (SSSR count). The number of alkyl halides is 1. The van der Waals surface area contributed by atoms with Crippen molar-refractivity contribution in [2.75, 3.05) is 37.6 Å². The smallest absolute Gasteiger partial charge is 0.191 e. The van der Waals surface area contributed by atoms with Gasteiger partial charge in [-0.2, -0.15) is 0 Å². The monoisotopic (exact) mass is 435 g/mol. The average Bonchev–Trinajstić information content (AvgIpc) is 3.06. The van der Waals surface area contributed by atoms with Crippen molar-refractivity contribution in [3.63, 3.8) is 0 Å². The van der Waals surface area contributed by atoms with Gasteiger partial charge in [-0.3, -0.25) is 0 Å². The van der Waals surface area contributed by atoms with Gasteiger partial charge in [-0.05, 0) is 25.1 Å². The molecule has 0 bridgehead atoms. The van der Waals surface area contributed by atoms with Gasteiger partial charge >= 0.3 is 0 Å². The number of hydrogen-bond donors (Lipinski definition) is 2. The van der Waals surface area contributed by atoms with Gasteiger partial charge in [-0.15, -0.1) is 11.3 Å². The first-order valence-electron chi connectivity index (χ1n) is 8.86. The second kappa shape index (κ2) is 9.75. The molecule has 0 saturated heterocycles. The summed E-state index contributed by atoms with van der Waals surface area (Å²) in [6.45, 7) is 1.46. The lowest BCUT2D eigenvalue weighted by molar-refractivity contribution is 0.260. The number of thiazole rings is 1. The highest BCUT2D eigenvalue weighted by molar-refractivity contribution is 7.99. The number of rotatable bonds is 9. The van der Waals surface area contributed by atoms with E-state index in [1.165, 1.54) is 17.8 Å². The first-order valence-corrected chi connectivity index (χ1v) is 10.7. The van der Waals surface area contributed by atoms with E-state index in [0.29, 0.717) is 28.3 Å². The predicted molar refractivity (Wildman–Crippen MR) is 116 cm³/mol. The second-order valence-corrected chi connectivity index (χ2v) is 8.29. The van der Waals surface area contributed by atoms with Crippen molar-refractivity contribution in [1.29, 1.82) is 0 Å². The Labute approximate surface area is 176 Å². The number of halogens is 1. The fraction of sp³-hybridized carbons (Fsp3) is 0.316. The van der Waals surface area contributed by atoms with Crippen LogP contribution in [0.3, 0.4) is 0 Å². The molecule has 0 radical (unpaired) electrons. The summed E-state index contributed by atoms with van der Waals surface area (Å²) < 4.78 is 23.2. The number of aryl methyl sites for hydroxylation is 2. The van der Waals surface area contributed by atoms with Crippen LogP contribution in [0.15, 0.2) is 29.4 Å². The highest BCUT2D eigenvalue weighted by atomic mass is 32.2. The largest absolute Gasteiger partial charge is 0.493 e. The van der Waals surface area contributed by atoms with Crippen LogP contribution in [0.5, 0.6) is 11.5 Å². The number of benzene rings is 1. The third-order valence-corrected chi connectivity index (χ3v) is 5.86. The third kappa shape index (κ3) is 5.48. The van der Waals surface area contributed by atoms with E-state index in [-0.39, 0.29) is 6.61 Å². The van der Waals surface area contributed by atoms with Crippen molar-refractivity contribution in [3.05, 3.63) is 34.8 Å². The Morgan fingerprint density at radius 2 is 1.86 bits per heavy atom. The zero-order valence-electron chi connectivity index (χ0n) is 16.1. The quantitative estimate of drug-likeness (QED) is 0.386. The summed E-state index contributed by atoms with van der Waals surface area (Å²) >= 11 is 3.09. The van der Waals surface area contributed by atoms with E-state index in [4.69, 9.17) is 25.9 Å². The maximum absolute atomic E-state index is 12.5. The Hall–Kier alpha value is -2.59. The molecule has 154 valence electrons. The molecule has 0 saturated carbocycles. The van der Waals surface area contributed by atoms with Crippen molar-refractivity contribution >= 4 is 34.7 Å².